The van der Waals surface area contributed by atoms with Crippen LogP contribution in [-0.2, 0) is 6.54 Å². The lowest BCUT2D eigenvalue weighted by atomic mass is 10.2. The van der Waals surface area contributed by atoms with E-state index in [1.807, 2.05) is 28.0 Å². The van der Waals surface area contributed by atoms with Crippen LogP contribution in [-0.4, -0.2) is 40.3 Å². The highest BCUT2D eigenvalue weighted by molar-refractivity contribution is 7.12. The molecular formula is C16H21N3O2S. The molecule has 2 aromatic heterocycles. The van der Waals surface area contributed by atoms with Crippen LogP contribution in [0.5, 0.6) is 5.75 Å². The van der Waals surface area contributed by atoms with Gasteiger partial charge in [-0.15, -0.1) is 11.3 Å². The molecule has 22 heavy (non-hydrogen) atoms. The number of aryl methyl sites for hydroxylation is 2. The Morgan fingerprint density at radius 2 is 2.32 bits per heavy atom. The third-order valence-corrected chi connectivity index (χ3v) is 5.05. The van der Waals surface area contributed by atoms with Gasteiger partial charge in [0.25, 0.3) is 5.91 Å². The van der Waals surface area contributed by atoms with E-state index in [4.69, 9.17) is 4.74 Å². The Hall–Kier alpha value is -1.82. The first-order valence-electron chi connectivity index (χ1n) is 7.53. The molecule has 0 aromatic carbocycles. The second kappa shape index (κ2) is 6.12. The number of hydrogen-bond donors (Lipinski definition) is 0. The molecule has 1 saturated heterocycles. The molecule has 0 unspecified atom stereocenters. The van der Waals surface area contributed by atoms with E-state index >= 15 is 0 Å². The number of aromatic nitrogens is 2. The van der Waals surface area contributed by atoms with E-state index in [-0.39, 0.29) is 11.9 Å². The Bertz CT molecular complexity index is 677. The summed E-state index contributed by atoms with van der Waals surface area (Å²) in [4.78, 5) is 15.5. The van der Waals surface area contributed by atoms with Crippen molar-refractivity contribution in [1.82, 2.24) is 14.7 Å². The molecule has 3 heterocycles. The fourth-order valence-corrected chi connectivity index (χ4v) is 3.91. The minimum absolute atomic E-state index is 0.0795. The minimum Gasteiger partial charge on any atom is -0.495 e. The number of ether oxygens (including phenoxy) is 1. The van der Waals surface area contributed by atoms with Crippen molar-refractivity contribution in [3.63, 3.8) is 0 Å². The van der Waals surface area contributed by atoms with Gasteiger partial charge in [0.1, 0.15) is 10.6 Å². The quantitative estimate of drug-likeness (QED) is 0.870. The van der Waals surface area contributed by atoms with Crippen molar-refractivity contribution in [2.24, 2.45) is 0 Å². The molecule has 1 aliphatic rings. The van der Waals surface area contributed by atoms with Crippen molar-refractivity contribution in [1.29, 1.82) is 0 Å². The molecule has 1 atom stereocenters. The standard InChI is InChI=1S/C16H21N3O2S/c1-11-9-12(2)19(17-11)10-13-5-4-7-18(13)16(20)15-14(21-3)6-8-22-15/h6,8-9,13H,4-5,7,10H2,1-3H3/t13-/m0/s1. The summed E-state index contributed by atoms with van der Waals surface area (Å²) in [7, 11) is 1.61. The van der Waals surface area contributed by atoms with E-state index in [0.717, 1.165) is 37.3 Å². The number of hydrogen-bond acceptors (Lipinski definition) is 4. The van der Waals surface area contributed by atoms with Gasteiger partial charge in [-0.05, 0) is 44.2 Å². The number of carbonyl (C=O) groups excluding carboxylic acids is 1. The second-order valence-corrected chi connectivity index (χ2v) is 6.64. The zero-order chi connectivity index (χ0) is 15.7. The third kappa shape index (κ3) is 2.75. The molecule has 0 saturated carbocycles. The highest BCUT2D eigenvalue weighted by Gasteiger charge is 2.32. The Balaban J connectivity index is 1.78. The van der Waals surface area contributed by atoms with Crippen LogP contribution < -0.4 is 4.74 Å². The molecule has 5 nitrogen and oxygen atoms in total. The van der Waals surface area contributed by atoms with E-state index in [2.05, 4.69) is 18.1 Å². The van der Waals surface area contributed by atoms with Crippen LogP contribution in [0.25, 0.3) is 0 Å². The van der Waals surface area contributed by atoms with Crippen LogP contribution in [0.1, 0.15) is 33.9 Å². The first-order chi connectivity index (χ1) is 10.6. The van der Waals surface area contributed by atoms with Crippen molar-refractivity contribution in [2.45, 2.75) is 39.3 Å². The van der Waals surface area contributed by atoms with E-state index < -0.39 is 0 Å². The van der Waals surface area contributed by atoms with Gasteiger partial charge in [0.2, 0.25) is 0 Å². The summed E-state index contributed by atoms with van der Waals surface area (Å²) < 4.78 is 7.30. The van der Waals surface area contributed by atoms with Gasteiger partial charge in [0, 0.05) is 12.2 Å². The van der Waals surface area contributed by atoms with Crippen LogP contribution in [0.15, 0.2) is 17.5 Å². The van der Waals surface area contributed by atoms with Crippen LogP contribution in [0.3, 0.4) is 0 Å². The van der Waals surface area contributed by atoms with E-state index in [9.17, 15) is 4.79 Å². The zero-order valence-electron chi connectivity index (χ0n) is 13.2. The molecule has 0 bridgehead atoms. The number of methoxy groups -OCH3 is 1. The molecule has 118 valence electrons. The van der Waals surface area contributed by atoms with E-state index in [1.54, 1.807) is 7.11 Å². The van der Waals surface area contributed by atoms with Crippen LogP contribution in [0, 0.1) is 13.8 Å². The summed E-state index contributed by atoms with van der Waals surface area (Å²) in [6.07, 6.45) is 2.07. The Morgan fingerprint density at radius 3 is 3.00 bits per heavy atom. The first-order valence-corrected chi connectivity index (χ1v) is 8.41. The molecule has 0 aliphatic carbocycles. The molecule has 1 amide bonds. The number of amides is 1. The van der Waals surface area contributed by atoms with Gasteiger partial charge in [-0.1, -0.05) is 0 Å². The summed E-state index contributed by atoms with van der Waals surface area (Å²) >= 11 is 1.45. The summed E-state index contributed by atoms with van der Waals surface area (Å²) in [6.45, 7) is 5.63. The summed E-state index contributed by atoms with van der Waals surface area (Å²) in [5.41, 5.74) is 2.17. The highest BCUT2D eigenvalue weighted by atomic mass is 32.1. The Morgan fingerprint density at radius 1 is 1.50 bits per heavy atom. The average molecular weight is 319 g/mol. The minimum atomic E-state index is 0.0795. The number of carbonyl (C=O) groups is 1. The molecule has 0 radical (unpaired) electrons. The van der Waals surface area contributed by atoms with Crippen LogP contribution >= 0.6 is 11.3 Å². The Kier molecular flexibility index (Phi) is 4.20. The van der Waals surface area contributed by atoms with Crippen molar-refractivity contribution < 1.29 is 9.53 Å². The topological polar surface area (TPSA) is 47.4 Å². The van der Waals surface area contributed by atoms with Gasteiger partial charge in [0.15, 0.2) is 0 Å². The van der Waals surface area contributed by atoms with Crippen LogP contribution in [0.4, 0.5) is 0 Å². The maximum atomic E-state index is 12.8. The predicted molar refractivity (Wildman–Crippen MR) is 86.6 cm³/mol. The first kappa shape index (κ1) is 15.1. The molecule has 0 spiro atoms. The zero-order valence-corrected chi connectivity index (χ0v) is 14.0. The summed E-state index contributed by atoms with van der Waals surface area (Å²) in [5, 5.41) is 6.42. The maximum Gasteiger partial charge on any atom is 0.268 e. The second-order valence-electron chi connectivity index (χ2n) is 5.72. The van der Waals surface area contributed by atoms with Crippen molar-refractivity contribution in [3.8, 4) is 5.75 Å². The fraction of sp³-hybridized carbons (Fsp3) is 0.500. The molecule has 0 N–H and O–H groups in total. The van der Waals surface area contributed by atoms with E-state index in [0.29, 0.717) is 10.6 Å². The molecule has 2 aromatic rings. The van der Waals surface area contributed by atoms with Gasteiger partial charge < -0.3 is 9.64 Å². The third-order valence-electron chi connectivity index (χ3n) is 4.17. The smallest absolute Gasteiger partial charge is 0.268 e. The van der Waals surface area contributed by atoms with Gasteiger partial charge in [-0.2, -0.15) is 5.10 Å². The van der Waals surface area contributed by atoms with E-state index in [1.165, 1.54) is 11.3 Å². The lowest BCUT2D eigenvalue weighted by Crippen LogP contribution is -2.38. The molecule has 3 rings (SSSR count). The number of likely N-dealkylation sites (tertiary alicyclic amines) is 1. The summed E-state index contributed by atoms with van der Waals surface area (Å²) in [5.74, 6) is 0.752. The highest BCUT2D eigenvalue weighted by Crippen LogP contribution is 2.29. The number of thiophene rings is 1. The predicted octanol–water partition coefficient (Wildman–Crippen LogP) is 2.87. The maximum absolute atomic E-state index is 12.8. The molecular weight excluding hydrogens is 298 g/mol. The van der Waals surface area contributed by atoms with Crippen molar-refractivity contribution >= 4 is 17.2 Å². The Labute approximate surface area is 134 Å². The van der Waals surface area contributed by atoms with Gasteiger partial charge in [-0.3, -0.25) is 9.48 Å². The monoisotopic (exact) mass is 319 g/mol. The van der Waals surface area contributed by atoms with Gasteiger partial charge in [0.05, 0.1) is 25.4 Å². The normalized spacial score (nSPS) is 18.0. The largest absolute Gasteiger partial charge is 0.495 e. The van der Waals surface area contributed by atoms with Crippen molar-refractivity contribution in [2.75, 3.05) is 13.7 Å². The lowest BCUT2D eigenvalue weighted by molar-refractivity contribution is 0.0723. The van der Waals surface area contributed by atoms with Gasteiger partial charge in [-0.25, -0.2) is 0 Å². The lowest BCUT2D eigenvalue weighted by Gasteiger charge is -2.25. The van der Waals surface area contributed by atoms with Crippen LogP contribution in [0.2, 0.25) is 0 Å². The molecule has 1 fully saturated rings. The average Bonchev–Trinajstić information content (AvgIpc) is 3.19. The van der Waals surface area contributed by atoms with Gasteiger partial charge >= 0.3 is 0 Å². The number of rotatable bonds is 4. The molecule has 1 aliphatic heterocycles. The summed E-state index contributed by atoms with van der Waals surface area (Å²) in [6, 6.07) is 4.13. The SMILES string of the molecule is COc1ccsc1C(=O)N1CCC[C@H]1Cn1nc(C)cc1C. The fourth-order valence-electron chi connectivity index (χ4n) is 3.10. The number of nitrogens with zero attached hydrogens (tertiary/aromatic N) is 3. The molecule has 6 heteroatoms. The van der Waals surface area contributed by atoms with Crippen molar-refractivity contribution in [3.05, 3.63) is 33.8 Å².